The van der Waals surface area contributed by atoms with Gasteiger partial charge in [-0.25, -0.2) is 0 Å². The standard InChI is InChI=1S/C18H13NO/c20-11-12-8-15(10-19-9-12)16-7-6-14-5-4-13-2-1-3-17(16)18(13)14/h1-3,6-11H,4-5H2. The fourth-order valence-electron chi connectivity index (χ4n) is 3.17. The van der Waals surface area contributed by atoms with Crippen molar-refractivity contribution >= 4 is 17.1 Å². The number of pyridine rings is 1. The van der Waals surface area contributed by atoms with Crippen molar-refractivity contribution in [3.8, 4) is 11.1 Å². The third kappa shape index (κ3) is 1.58. The van der Waals surface area contributed by atoms with Crippen LogP contribution in [0.2, 0.25) is 0 Å². The summed E-state index contributed by atoms with van der Waals surface area (Å²) in [5, 5.41) is 2.66. The number of benzene rings is 2. The van der Waals surface area contributed by atoms with Gasteiger partial charge in [-0.05, 0) is 46.4 Å². The Morgan fingerprint density at radius 1 is 1.00 bits per heavy atom. The lowest BCUT2D eigenvalue weighted by molar-refractivity contribution is 0.112. The average molecular weight is 259 g/mol. The number of aryl methyl sites for hydroxylation is 2. The molecular weight excluding hydrogens is 246 g/mol. The normalized spacial score (nSPS) is 12.8. The molecule has 0 radical (unpaired) electrons. The second kappa shape index (κ2) is 4.27. The summed E-state index contributed by atoms with van der Waals surface area (Å²) in [6.45, 7) is 0. The predicted molar refractivity (Wildman–Crippen MR) is 80.0 cm³/mol. The molecule has 0 spiro atoms. The van der Waals surface area contributed by atoms with Gasteiger partial charge in [0.2, 0.25) is 0 Å². The summed E-state index contributed by atoms with van der Waals surface area (Å²) in [5.74, 6) is 0. The van der Waals surface area contributed by atoms with E-state index in [4.69, 9.17) is 0 Å². The van der Waals surface area contributed by atoms with E-state index < -0.39 is 0 Å². The van der Waals surface area contributed by atoms with Crippen LogP contribution in [0.5, 0.6) is 0 Å². The van der Waals surface area contributed by atoms with E-state index in [0.29, 0.717) is 5.56 Å². The summed E-state index contributed by atoms with van der Waals surface area (Å²) >= 11 is 0. The highest BCUT2D eigenvalue weighted by atomic mass is 16.1. The van der Waals surface area contributed by atoms with Crippen LogP contribution < -0.4 is 0 Å². The smallest absolute Gasteiger partial charge is 0.151 e. The summed E-state index contributed by atoms with van der Waals surface area (Å²) in [5.41, 5.74) is 5.64. The van der Waals surface area contributed by atoms with Gasteiger partial charge in [0.1, 0.15) is 0 Å². The van der Waals surface area contributed by atoms with Gasteiger partial charge in [-0.1, -0.05) is 30.3 Å². The van der Waals surface area contributed by atoms with Crippen molar-refractivity contribution in [1.82, 2.24) is 4.98 Å². The van der Waals surface area contributed by atoms with E-state index in [0.717, 1.165) is 30.3 Å². The summed E-state index contributed by atoms with van der Waals surface area (Å²) < 4.78 is 0. The number of hydrogen-bond acceptors (Lipinski definition) is 2. The second-order valence-corrected chi connectivity index (χ2v) is 5.24. The minimum absolute atomic E-state index is 0.616. The molecule has 0 bridgehead atoms. The van der Waals surface area contributed by atoms with Crippen molar-refractivity contribution in [3.63, 3.8) is 0 Å². The van der Waals surface area contributed by atoms with Crippen molar-refractivity contribution in [2.24, 2.45) is 0 Å². The highest BCUT2D eigenvalue weighted by Crippen LogP contribution is 2.36. The lowest BCUT2D eigenvalue weighted by Gasteiger charge is -2.09. The summed E-state index contributed by atoms with van der Waals surface area (Å²) in [6.07, 6.45) is 6.52. The minimum atomic E-state index is 0.616. The van der Waals surface area contributed by atoms with E-state index in [9.17, 15) is 4.79 Å². The zero-order chi connectivity index (χ0) is 13.5. The van der Waals surface area contributed by atoms with Gasteiger partial charge < -0.3 is 0 Å². The summed E-state index contributed by atoms with van der Waals surface area (Å²) in [4.78, 5) is 15.1. The largest absolute Gasteiger partial charge is 0.298 e. The van der Waals surface area contributed by atoms with Gasteiger partial charge in [-0.15, -0.1) is 0 Å². The molecule has 4 rings (SSSR count). The van der Waals surface area contributed by atoms with Gasteiger partial charge in [-0.3, -0.25) is 9.78 Å². The Morgan fingerprint density at radius 2 is 1.85 bits per heavy atom. The fourth-order valence-corrected chi connectivity index (χ4v) is 3.17. The minimum Gasteiger partial charge on any atom is -0.298 e. The number of aromatic nitrogens is 1. The molecule has 20 heavy (non-hydrogen) atoms. The maximum absolute atomic E-state index is 10.9. The first-order valence-electron chi connectivity index (χ1n) is 6.81. The topological polar surface area (TPSA) is 30.0 Å². The Morgan fingerprint density at radius 3 is 2.70 bits per heavy atom. The van der Waals surface area contributed by atoms with Crippen LogP contribution in [-0.2, 0) is 12.8 Å². The van der Waals surface area contributed by atoms with E-state index in [-0.39, 0.29) is 0 Å². The van der Waals surface area contributed by atoms with Gasteiger partial charge in [0.15, 0.2) is 6.29 Å². The van der Waals surface area contributed by atoms with E-state index in [1.165, 1.54) is 21.9 Å². The Bertz CT molecular complexity index is 826. The van der Waals surface area contributed by atoms with E-state index in [1.54, 1.807) is 6.20 Å². The molecule has 0 amide bonds. The van der Waals surface area contributed by atoms with Crippen LogP contribution in [0.25, 0.3) is 21.9 Å². The first-order chi connectivity index (χ1) is 9.86. The van der Waals surface area contributed by atoms with Gasteiger partial charge in [0.25, 0.3) is 0 Å². The highest BCUT2D eigenvalue weighted by Gasteiger charge is 2.16. The van der Waals surface area contributed by atoms with Crippen LogP contribution >= 0.6 is 0 Å². The van der Waals surface area contributed by atoms with E-state index >= 15 is 0 Å². The zero-order valence-corrected chi connectivity index (χ0v) is 11.0. The summed E-state index contributed by atoms with van der Waals surface area (Å²) in [6, 6.07) is 12.8. The first kappa shape index (κ1) is 11.4. The maximum atomic E-state index is 10.9. The molecule has 2 nitrogen and oxygen atoms in total. The molecule has 2 heteroatoms. The quantitative estimate of drug-likeness (QED) is 0.655. The van der Waals surface area contributed by atoms with E-state index in [2.05, 4.69) is 35.3 Å². The van der Waals surface area contributed by atoms with Crippen molar-refractivity contribution < 1.29 is 4.79 Å². The van der Waals surface area contributed by atoms with Gasteiger partial charge >= 0.3 is 0 Å². The second-order valence-electron chi connectivity index (χ2n) is 5.24. The lowest BCUT2D eigenvalue weighted by Crippen LogP contribution is -1.88. The highest BCUT2D eigenvalue weighted by molar-refractivity contribution is 6.01. The molecule has 0 N–H and O–H groups in total. The van der Waals surface area contributed by atoms with Crippen molar-refractivity contribution in [1.29, 1.82) is 0 Å². The SMILES string of the molecule is O=Cc1cncc(-c2ccc3c4c(cccc24)CC3)c1. The van der Waals surface area contributed by atoms with Crippen LogP contribution in [0.3, 0.4) is 0 Å². The van der Waals surface area contributed by atoms with Crippen LogP contribution in [-0.4, -0.2) is 11.3 Å². The molecule has 0 aliphatic heterocycles. The third-order valence-electron chi connectivity index (χ3n) is 4.08. The zero-order valence-electron chi connectivity index (χ0n) is 11.0. The molecule has 1 aliphatic carbocycles. The number of nitrogens with zero attached hydrogens (tertiary/aromatic N) is 1. The monoisotopic (exact) mass is 259 g/mol. The molecule has 0 saturated heterocycles. The molecule has 0 fully saturated rings. The van der Waals surface area contributed by atoms with Crippen molar-refractivity contribution in [3.05, 3.63) is 65.5 Å². The Balaban J connectivity index is 2.03. The number of rotatable bonds is 2. The average Bonchev–Trinajstić information content (AvgIpc) is 2.93. The van der Waals surface area contributed by atoms with Gasteiger partial charge in [-0.2, -0.15) is 0 Å². The molecule has 1 aliphatic rings. The molecule has 1 heterocycles. The molecule has 2 aromatic carbocycles. The lowest BCUT2D eigenvalue weighted by atomic mass is 9.96. The van der Waals surface area contributed by atoms with Crippen LogP contribution in [0.4, 0.5) is 0 Å². The number of aldehydes is 1. The van der Waals surface area contributed by atoms with Crippen molar-refractivity contribution in [2.45, 2.75) is 12.8 Å². The number of carbonyl (C=O) groups is 1. The molecule has 0 atom stereocenters. The molecule has 0 saturated carbocycles. The van der Waals surface area contributed by atoms with Gasteiger partial charge in [0.05, 0.1) is 0 Å². The first-order valence-corrected chi connectivity index (χ1v) is 6.81. The third-order valence-corrected chi connectivity index (χ3v) is 4.08. The molecule has 96 valence electrons. The Labute approximate surface area is 117 Å². The molecule has 3 aromatic rings. The predicted octanol–water partition coefficient (Wildman–Crippen LogP) is 3.81. The van der Waals surface area contributed by atoms with E-state index in [1.807, 2.05) is 12.3 Å². The Kier molecular flexibility index (Phi) is 2.43. The number of carbonyl (C=O) groups excluding carboxylic acids is 1. The Hall–Kier alpha value is -2.48. The number of hydrogen-bond donors (Lipinski definition) is 0. The summed E-state index contributed by atoms with van der Waals surface area (Å²) in [7, 11) is 0. The van der Waals surface area contributed by atoms with Gasteiger partial charge in [0, 0.05) is 23.5 Å². The van der Waals surface area contributed by atoms with Crippen molar-refractivity contribution in [2.75, 3.05) is 0 Å². The molecular formula is C18H13NO. The van der Waals surface area contributed by atoms with Crippen LogP contribution in [0, 0.1) is 0 Å². The molecule has 1 aromatic heterocycles. The van der Waals surface area contributed by atoms with Crippen LogP contribution in [0.1, 0.15) is 21.5 Å². The fraction of sp³-hybridized carbons (Fsp3) is 0.111. The molecule has 0 unspecified atom stereocenters. The van der Waals surface area contributed by atoms with Crippen LogP contribution in [0.15, 0.2) is 48.8 Å². The maximum Gasteiger partial charge on any atom is 0.151 e.